The smallest absolute Gasteiger partial charge is 0.334 e. The zero-order valence-corrected chi connectivity index (χ0v) is 13.9. The second-order valence-electron chi connectivity index (χ2n) is 6.78. The molecule has 2 heterocycles. The number of nitrogens with zero attached hydrogens (tertiary/aromatic N) is 2. The highest BCUT2D eigenvalue weighted by atomic mass is 19.4. The Kier molecular flexibility index (Phi) is 6.71. The van der Waals surface area contributed by atoms with Crippen LogP contribution in [0, 0.1) is 11.8 Å². The van der Waals surface area contributed by atoms with Crippen molar-refractivity contribution in [2.45, 2.75) is 38.8 Å². The lowest BCUT2D eigenvalue weighted by Crippen LogP contribution is -2.49. The van der Waals surface area contributed by atoms with E-state index < -0.39 is 12.7 Å². The summed E-state index contributed by atoms with van der Waals surface area (Å²) in [5, 5.41) is 3.38. The third-order valence-electron chi connectivity index (χ3n) is 4.83. The average molecular weight is 335 g/mol. The SMILES string of the molecule is CCN(CC(F)(F)F)C(=O)C1CCCN(CC2CCCNC2)C1. The molecule has 1 N–H and O–H groups in total. The maximum absolute atomic E-state index is 12.6. The molecule has 0 bridgehead atoms. The third kappa shape index (κ3) is 5.95. The van der Waals surface area contributed by atoms with Crippen molar-refractivity contribution in [3.05, 3.63) is 0 Å². The van der Waals surface area contributed by atoms with Crippen molar-refractivity contribution in [2.24, 2.45) is 11.8 Å². The normalized spacial score (nSPS) is 27.0. The monoisotopic (exact) mass is 335 g/mol. The number of carbonyl (C=O) groups is 1. The second-order valence-corrected chi connectivity index (χ2v) is 6.78. The van der Waals surface area contributed by atoms with Gasteiger partial charge in [0.1, 0.15) is 6.54 Å². The summed E-state index contributed by atoms with van der Waals surface area (Å²) >= 11 is 0. The van der Waals surface area contributed by atoms with E-state index in [0.717, 1.165) is 37.5 Å². The molecule has 23 heavy (non-hydrogen) atoms. The molecule has 2 saturated heterocycles. The molecule has 2 unspecified atom stereocenters. The number of nitrogens with one attached hydrogen (secondary N) is 1. The van der Waals surface area contributed by atoms with Crippen LogP contribution in [0.4, 0.5) is 13.2 Å². The van der Waals surface area contributed by atoms with Crippen LogP contribution in [0.2, 0.25) is 0 Å². The summed E-state index contributed by atoms with van der Waals surface area (Å²) in [6.07, 6.45) is -0.367. The van der Waals surface area contributed by atoms with Gasteiger partial charge >= 0.3 is 6.18 Å². The number of carbonyl (C=O) groups excluding carboxylic acids is 1. The molecule has 1 amide bonds. The maximum atomic E-state index is 12.6. The maximum Gasteiger partial charge on any atom is 0.406 e. The highest BCUT2D eigenvalue weighted by Gasteiger charge is 2.36. The number of piperidine rings is 2. The van der Waals surface area contributed by atoms with Gasteiger partial charge in [-0.3, -0.25) is 4.79 Å². The van der Waals surface area contributed by atoms with Gasteiger partial charge in [-0.05, 0) is 58.2 Å². The summed E-state index contributed by atoms with van der Waals surface area (Å²) in [6.45, 7) is 5.16. The van der Waals surface area contributed by atoms with Crippen molar-refractivity contribution in [1.29, 1.82) is 0 Å². The van der Waals surface area contributed by atoms with Crippen LogP contribution in [0.3, 0.4) is 0 Å². The van der Waals surface area contributed by atoms with Crippen LogP contribution in [0.15, 0.2) is 0 Å². The summed E-state index contributed by atoms with van der Waals surface area (Å²) in [5.74, 6) is -0.0334. The molecule has 0 aromatic carbocycles. The molecule has 2 fully saturated rings. The minimum Gasteiger partial charge on any atom is -0.334 e. The molecular formula is C16H28F3N3O. The van der Waals surface area contributed by atoms with Crippen molar-refractivity contribution < 1.29 is 18.0 Å². The topological polar surface area (TPSA) is 35.6 Å². The van der Waals surface area contributed by atoms with Crippen LogP contribution < -0.4 is 5.32 Å². The molecule has 2 atom stereocenters. The molecule has 0 radical (unpaired) electrons. The van der Waals surface area contributed by atoms with E-state index in [4.69, 9.17) is 0 Å². The van der Waals surface area contributed by atoms with Gasteiger partial charge in [-0.2, -0.15) is 13.2 Å². The molecule has 0 aromatic rings. The number of rotatable bonds is 5. The van der Waals surface area contributed by atoms with E-state index in [-0.39, 0.29) is 18.4 Å². The van der Waals surface area contributed by atoms with Crippen LogP contribution in [0.5, 0.6) is 0 Å². The van der Waals surface area contributed by atoms with Gasteiger partial charge in [0.25, 0.3) is 0 Å². The van der Waals surface area contributed by atoms with Gasteiger partial charge in [-0.25, -0.2) is 0 Å². The lowest BCUT2D eigenvalue weighted by Gasteiger charge is -2.37. The van der Waals surface area contributed by atoms with E-state index in [1.807, 2.05) is 0 Å². The molecule has 2 aliphatic heterocycles. The highest BCUT2D eigenvalue weighted by molar-refractivity contribution is 5.79. The molecule has 2 rings (SSSR count). The quantitative estimate of drug-likeness (QED) is 0.836. The van der Waals surface area contributed by atoms with Crippen LogP contribution in [0.25, 0.3) is 0 Å². The standard InChI is InChI=1S/C16H28F3N3O/c1-2-22(12-16(17,18)19)15(23)14-6-4-8-21(11-14)10-13-5-3-7-20-9-13/h13-14,20H,2-12H2,1H3. The lowest BCUT2D eigenvalue weighted by atomic mass is 9.93. The molecule has 0 spiro atoms. The van der Waals surface area contributed by atoms with Crippen molar-refractivity contribution in [3.63, 3.8) is 0 Å². The molecule has 4 nitrogen and oxygen atoms in total. The molecule has 0 saturated carbocycles. The molecule has 0 aromatic heterocycles. The Morgan fingerprint density at radius 3 is 2.70 bits per heavy atom. The van der Waals surface area contributed by atoms with Crippen molar-refractivity contribution in [1.82, 2.24) is 15.1 Å². The Morgan fingerprint density at radius 1 is 1.30 bits per heavy atom. The minimum absolute atomic E-state index is 0.112. The number of amides is 1. The predicted octanol–water partition coefficient (Wildman–Crippen LogP) is 2.11. The van der Waals surface area contributed by atoms with E-state index in [9.17, 15) is 18.0 Å². The molecule has 2 aliphatic rings. The summed E-state index contributed by atoms with van der Waals surface area (Å²) in [5.41, 5.74) is 0. The molecule has 134 valence electrons. The first kappa shape index (κ1) is 18.5. The van der Waals surface area contributed by atoms with Gasteiger partial charge in [0.05, 0.1) is 5.92 Å². The van der Waals surface area contributed by atoms with E-state index >= 15 is 0 Å². The number of hydrogen-bond acceptors (Lipinski definition) is 3. The van der Waals surface area contributed by atoms with E-state index in [2.05, 4.69) is 10.2 Å². The minimum atomic E-state index is -4.33. The fraction of sp³-hybridized carbons (Fsp3) is 0.938. The van der Waals surface area contributed by atoms with Crippen molar-refractivity contribution in [3.8, 4) is 0 Å². The Balaban J connectivity index is 1.87. The third-order valence-corrected chi connectivity index (χ3v) is 4.83. The van der Waals surface area contributed by atoms with Gasteiger partial charge in [-0.1, -0.05) is 0 Å². The summed E-state index contributed by atoms with van der Waals surface area (Å²) < 4.78 is 37.8. The summed E-state index contributed by atoms with van der Waals surface area (Å²) in [4.78, 5) is 15.7. The van der Waals surface area contributed by atoms with Gasteiger partial charge in [0.15, 0.2) is 0 Å². The first-order valence-electron chi connectivity index (χ1n) is 8.67. The molecular weight excluding hydrogens is 307 g/mol. The second kappa shape index (κ2) is 8.33. The van der Waals surface area contributed by atoms with Gasteiger partial charge in [-0.15, -0.1) is 0 Å². The largest absolute Gasteiger partial charge is 0.406 e. The van der Waals surface area contributed by atoms with Crippen LogP contribution in [-0.4, -0.2) is 67.7 Å². The fourth-order valence-corrected chi connectivity index (χ4v) is 3.69. The first-order valence-corrected chi connectivity index (χ1v) is 8.67. The average Bonchev–Trinajstić information content (AvgIpc) is 2.52. The van der Waals surface area contributed by atoms with Gasteiger partial charge in [0, 0.05) is 19.6 Å². The Hall–Kier alpha value is -0.820. The molecule has 0 aliphatic carbocycles. The number of hydrogen-bond donors (Lipinski definition) is 1. The Bertz CT molecular complexity index is 383. The van der Waals surface area contributed by atoms with Crippen molar-refractivity contribution in [2.75, 3.05) is 45.8 Å². The number of likely N-dealkylation sites (tertiary alicyclic amines) is 1. The van der Waals surface area contributed by atoms with Gasteiger partial charge in [0.2, 0.25) is 5.91 Å². The Morgan fingerprint density at radius 2 is 2.09 bits per heavy atom. The van der Waals surface area contributed by atoms with Gasteiger partial charge < -0.3 is 15.1 Å². The van der Waals surface area contributed by atoms with E-state index in [0.29, 0.717) is 18.9 Å². The summed E-state index contributed by atoms with van der Waals surface area (Å²) in [6, 6.07) is 0. The van der Waals surface area contributed by atoms with Crippen LogP contribution >= 0.6 is 0 Å². The fourth-order valence-electron chi connectivity index (χ4n) is 3.69. The Labute approximate surface area is 136 Å². The molecule has 7 heteroatoms. The number of alkyl halides is 3. The number of halogens is 3. The lowest BCUT2D eigenvalue weighted by molar-refractivity contribution is -0.164. The van der Waals surface area contributed by atoms with E-state index in [1.54, 1.807) is 6.92 Å². The van der Waals surface area contributed by atoms with E-state index in [1.165, 1.54) is 12.8 Å². The first-order chi connectivity index (χ1) is 10.9. The highest BCUT2D eigenvalue weighted by Crippen LogP contribution is 2.23. The van der Waals surface area contributed by atoms with Crippen LogP contribution in [0.1, 0.15) is 32.6 Å². The zero-order valence-electron chi connectivity index (χ0n) is 13.9. The predicted molar refractivity (Wildman–Crippen MR) is 83.1 cm³/mol. The van der Waals surface area contributed by atoms with Crippen LogP contribution in [-0.2, 0) is 4.79 Å². The summed E-state index contributed by atoms with van der Waals surface area (Å²) in [7, 11) is 0. The zero-order chi connectivity index (χ0) is 16.9. The van der Waals surface area contributed by atoms with Crippen molar-refractivity contribution >= 4 is 5.91 Å².